The SMILES string of the molecule is O=C(CC1(C(F)(F)F)CC1)N1CC(S(=O)(=O)N2CCC(c3c[nH]c4cnccc34)CC2)C1. The highest BCUT2D eigenvalue weighted by Gasteiger charge is 2.64. The molecule has 1 aliphatic carbocycles. The Morgan fingerprint density at radius 2 is 1.91 bits per heavy atom. The highest BCUT2D eigenvalue weighted by Crippen LogP contribution is 2.60. The van der Waals surface area contributed by atoms with Crippen LogP contribution in [0, 0.1) is 5.41 Å². The van der Waals surface area contributed by atoms with Gasteiger partial charge in [0.25, 0.3) is 0 Å². The molecule has 5 rings (SSSR count). The third-order valence-corrected chi connectivity index (χ3v) is 9.56. The van der Waals surface area contributed by atoms with E-state index in [2.05, 4.69) is 9.97 Å². The van der Waals surface area contributed by atoms with Crippen LogP contribution in [0.1, 0.15) is 43.6 Å². The molecule has 0 spiro atoms. The average molecular weight is 471 g/mol. The first-order chi connectivity index (χ1) is 15.1. The molecule has 2 aromatic rings. The van der Waals surface area contributed by atoms with E-state index in [-0.39, 0.29) is 31.8 Å². The Kier molecular flexibility index (Phi) is 5.05. The van der Waals surface area contributed by atoms with Gasteiger partial charge in [-0.2, -0.15) is 13.2 Å². The maximum Gasteiger partial charge on any atom is 0.395 e. The van der Waals surface area contributed by atoms with Crippen molar-refractivity contribution in [2.75, 3.05) is 26.2 Å². The second-order valence-electron chi connectivity index (χ2n) is 9.26. The Balaban J connectivity index is 1.16. The first-order valence-corrected chi connectivity index (χ1v) is 12.4. The summed E-state index contributed by atoms with van der Waals surface area (Å²) in [6.07, 6.45) is 1.84. The number of carbonyl (C=O) groups is 1. The number of likely N-dealkylation sites (tertiary alicyclic amines) is 1. The number of nitrogens with zero attached hydrogens (tertiary/aromatic N) is 3. The van der Waals surface area contributed by atoms with E-state index < -0.39 is 39.2 Å². The molecule has 0 bridgehead atoms. The molecule has 0 radical (unpaired) electrons. The highest BCUT2D eigenvalue weighted by atomic mass is 32.2. The Labute approximate surface area is 184 Å². The number of piperidine rings is 1. The van der Waals surface area contributed by atoms with E-state index in [0.29, 0.717) is 25.9 Å². The van der Waals surface area contributed by atoms with Crippen molar-refractivity contribution in [1.29, 1.82) is 0 Å². The Hall–Kier alpha value is -2.14. The summed E-state index contributed by atoms with van der Waals surface area (Å²) in [7, 11) is -3.58. The van der Waals surface area contributed by atoms with Crippen molar-refractivity contribution in [2.45, 2.75) is 49.4 Å². The molecule has 0 aromatic carbocycles. The molecule has 4 heterocycles. The number of alkyl halides is 3. The lowest BCUT2D eigenvalue weighted by atomic mass is 9.90. The molecule has 11 heteroatoms. The zero-order valence-corrected chi connectivity index (χ0v) is 18.3. The molecule has 3 fully saturated rings. The van der Waals surface area contributed by atoms with Crippen LogP contribution in [-0.2, 0) is 14.8 Å². The number of carbonyl (C=O) groups excluding carboxylic acids is 1. The number of halogens is 3. The molecule has 0 atom stereocenters. The van der Waals surface area contributed by atoms with Gasteiger partial charge in [-0.25, -0.2) is 12.7 Å². The zero-order valence-electron chi connectivity index (χ0n) is 17.4. The molecule has 0 unspecified atom stereocenters. The molecule has 2 aromatic heterocycles. The lowest BCUT2D eigenvalue weighted by Crippen LogP contribution is -2.60. The van der Waals surface area contributed by atoms with E-state index in [9.17, 15) is 26.4 Å². The summed E-state index contributed by atoms with van der Waals surface area (Å²) >= 11 is 0. The molecule has 3 aliphatic rings. The number of sulfonamides is 1. The van der Waals surface area contributed by atoms with E-state index >= 15 is 0 Å². The molecule has 174 valence electrons. The number of H-pyrrole nitrogens is 1. The van der Waals surface area contributed by atoms with Crippen LogP contribution in [0.2, 0.25) is 0 Å². The van der Waals surface area contributed by atoms with Gasteiger partial charge >= 0.3 is 6.18 Å². The first kappa shape index (κ1) is 21.7. The standard InChI is InChI=1S/C21H25F3N4O3S/c22-21(23,24)20(4-5-20)9-19(29)27-12-15(13-27)32(30,31)28-7-2-14(3-8-28)17-10-26-18-11-25-6-1-16(17)18/h1,6,10-11,14-15,26H,2-5,7-9,12-13H2. The monoisotopic (exact) mass is 470 g/mol. The quantitative estimate of drug-likeness (QED) is 0.728. The van der Waals surface area contributed by atoms with Crippen LogP contribution in [-0.4, -0.2) is 71.1 Å². The van der Waals surface area contributed by atoms with Crippen LogP contribution >= 0.6 is 0 Å². The molecule has 2 aliphatic heterocycles. The first-order valence-electron chi connectivity index (χ1n) is 10.9. The van der Waals surface area contributed by atoms with Crippen LogP contribution in [0.15, 0.2) is 24.7 Å². The molecule has 32 heavy (non-hydrogen) atoms. The van der Waals surface area contributed by atoms with Crippen LogP contribution in [0.3, 0.4) is 0 Å². The third kappa shape index (κ3) is 3.59. The van der Waals surface area contributed by atoms with Gasteiger partial charge in [-0.15, -0.1) is 0 Å². The average Bonchev–Trinajstić information content (AvgIpc) is 3.37. The molecule has 1 amide bonds. The maximum atomic E-state index is 13.1. The van der Waals surface area contributed by atoms with Crippen molar-refractivity contribution in [3.05, 3.63) is 30.2 Å². The van der Waals surface area contributed by atoms with Gasteiger partial charge in [0.1, 0.15) is 5.25 Å². The lowest BCUT2D eigenvalue weighted by molar-refractivity contribution is -0.193. The fourth-order valence-electron chi connectivity index (χ4n) is 4.91. The number of nitrogens with one attached hydrogen (secondary N) is 1. The second-order valence-corrected chi connectivity index (χ2v) is 11.5. The summed E-state index contributed by atoms with van der Waals surface area (Å²) in [5.74, 6) is -0.354. The maximum absolute atomic E-state index is 13.1. The molecular formula is C21H25F3N4O3S. The van der Waals surface area contributed by atoms with E-state index in [1.807, 2.05) is 12.3 Å². The number of aromatic amines is 1. The zero-order chi connectivity index (χ0) is 22.7. The number of amides is 1. The Morgan fingerprint density at radius 1 is 1.22 bits per heavy atom. The van der Waals surface area contributed by atoms with Crippen molar-refractivity contribution >= 4 is 26.8 Å². The van der Waals surface area contributed by atoms with Crippen LogP contribution in [0.5, 0.6) is 0 Å². The lowest BCUT2D eigenvalue weighted by Gasteiger charge is -2.42. The predicted octanol–water partition coefficient (Wildman–Crippen LogP) is 3.02. The van der Waals surface area contributed by atoms with Crippen molar-refractivity contribution in [1.82, 2.24) is 19.2 Å². The fraction of sp³-hybridized carbons (Fsp3) is 0.619. The van der Waals surface area contributed by atoms with E-state index in [0.717, 1.165) is 10.9 Å². The predicted molar refractivity (Wildman–Crippen MR) is 111 cm³/mol. The van der Waals surface area contributed by atoms with E-state index in [1.54, 1.807) is 12.4 Å². The Bertz CT molecular complexity index is 1130. The van der Waals surface area contributed by atoms with E-state index in [1.165, 1.54) is 14.8 Å². The summed E-state index contributed by atoms with van der Waals surface area (Å²) in [6.45, 7) is 0.744. The number of aromatic nitrogens is 2. The van der Waals surface area contributed by atoms with Gasteiger partial charge in [0, 0.05) is 50.4 Å². The molecule has 2 saturated heterocycles. The summed E-state index contributed by atoms with van der Waals surface area (Å²) < 4.78 is 66.7. The molecule has 7 nitrogen and oxygen atoms in total. The van der Waals surface area contributed by atoms with Gasteiger partial charge < -0.3 is 9.88 Å². The smallest absolute Gasteiger partial charge is 0.360 e. The summed E-state index contributed by atoms with van der Waals surface area (Å²) in [5.41, 5.74) is 0.225. The second kappa shape index (κ2) is 7.44. The van der Waals surface area contributed by atoms with Crippen molar-refractivity contribution < 1.29 is 26.4 Å². The Morgan fingerprint density at radius 3 is 2.53 bits per heavy atom. The highest BCUT2D eigenvalue weighted by molar-refractivity contribution is 7.89. The molecular weight excluding hydrogens is 445 g/mol. The number of rotatable bonds is 5. The number of hydrogen-bond acceptors (Lipinski definition) is 4. The minimum absolute atomic E-state index is 0.0233. The van der Waals surface area contributed by atoms with Gasteiger partial charge in [-0.3, -0.25) is 9.78 Å². The van der Waals surface area contributed by atoms with Gasteiger partial charge in [-0.1, -0.05) is 0 Å². The van der Waals surface area contributed by atoms with Gasteiger partial charge in [0.2, 0.25) is 15.9 Å². The third-order valence-electron chi connectivity index (χ3n) is 7.34. The summed E-state index contributed by atoms with van der Waals surface area (Å²) in [5, 5.41) is 0.366. The van der Waals surface area contributed by atoms with Crippen molar-refractivity contribution in [2.24, 2.45) is 5.41 Å². The van der Waals surface area contributed by atoms with Crippen LogP contribution < -0.4 is 0 Å². The normalized spacial score (nSPS) is 22.8. The number of hydrogen-bond donors (Lipinski definition) is 1. The fourth-order valence-corrected chi connectivity index (χ4v) is 6.79. The van der Waals surface area contributed by atoms with E-state index in [4.69, 9.17) is 0 Å². The largest absolute Gasteiger partial charge is 0.395 e. The number of pyridine rings is 1. The topological polar surface area (TPSA) is 86.4 Å². The summed E-state index contributed by atoms with van der Waals surface area (Å²) in [4.78, 5) is 20.8. The van der Waals surface area contributed by atoms with Crippen LogP contribution in [0.4, 0.5) is 13.2 Å². The van der Waals surface area contributed by atoms with Gasteiger partial charge in [0.15, 0.2) is 0 Å². The van der Waals surface area contributed by atoms with Gasteiger partial charge in [0.05, 0.1) is 17.1 Å². The molecule has 1 N–H and O–H groups in total. The van der Waals surface area contributed by atoms with Crippen molar-refractivity contribution in [3.8, 4) is 0 Å². The minimum atomic E-state index is -4.38. The minimum Gasteiger partial charge on any atom is -0.360 e. The molecule has 1 saturated carbocycles. The van der Waals surface area contributed by atoms with Crippen LogP contribution in [0.25, 0.3) is 10.9 Å². The van der Waals surface area contributed by atoms with Gasteiger partial charge in [-0.05, 0) is 43.2 Å². The number of fused-ring (bicyclic) bond motifs is 1. The summed E-state index contributed by atoms with van der Waals surface area (Å²) in [6, 6.07) is 1.95. The van der Waals surface area contributed by atoms with Crippen molar-refractivity contribution in [3.63, 3.8) is 0 Å².